The topological polar surface area (TPSA) is 150 Å². The molecule has 0 radical (unpaired) electrons. The number of H-pyrrole nitrogens is 1. The van der Waals surface area contributed by atoms with Gasteiger partial charge in [-0.1, -0.05) is 29.8 Å². The van der Waals surface area contributed by atoms with E-state index in [9.17, 15) is 19.5 Å². The number of rotatable bonds is 4. The molecule has 0 spiro atoms. The smallest absolute Gasteiger partial charge is 0.332 e. The van der Waals surface area contributed by atoms with Gasteiger partial charge in [0.05, 0.1) is 5.52 Å². The average Bonchev–Trinajstić information content (AvgIpc) is 2.65. The Kier molecular flexibility index (Phi) is 5.07. The number of hydrogen-bond donors (Lipinski definition) is 5. The van der Waals surface area contributed by atoms with Gasteiger partial charge in [0, 0.05) is 11.1 Å². The molecule has 9 nitrogen and oxygen atoms in total. The second-order valence-corrected chi connectivity index (χ2v) is 5.98. The summed E-state index contributed by atoms with van der Waals surface area (Å²) in [6, 6.07) is 12.4. The number of aromatic hydroxyl groups is 1. The van der Waals surface area contributed by atoms with Crippen molar-refractivity contribution in [3.8, 4) is 5.75 Å². The van der Waals surface area contributed by atoms with Gasteiger partial charge < -0.3 is 21.1 Å². The summed E-state index contributed by atoms with van der Waals surface area (Å²) >= 11 is 0. The molecule has 3 aromatic rings. The number of anilines is 1. The number of urea groups is 1. The normalized spacial score (nSPS) is 11.2. The van der Waals surface area contributed by atoms with Gasteiger partial charge in [0.25, 0.3) is 11.5 Å². The van der Waals surface area contributed by atoms with Crippen molar-refractivity contribution in [1.82, 2.24) is 10.4 Å². The zero-order valence-corrected chi connectivity index (χ0v) is 14.8. The number of pyridine rings is 1. The minimum absolute atomic E-state index is 0.312. The number of aryl methyl sites for hydroxylation is 1. The minimum Gasteiger partial charge on any atom is -0.506 e. The maximum Gasteiger partial charge on any atom is 0.332 e. The molecule has 142 valence electrons. The standard InChI is InChI=1S/C19H17N5O4/c1-10-6-8-11(9-7-10)21-18(27)15(23-24-19(20)28)14-16(25)12-4-2-3-5-13(12)22-17(14)26/h2-9H,1H3,(H,21,27)(H3,20,24,28)(H2,22,25,26)/b23-15-. The number of fused-ring (bicyclic) bond motifs is 1. The summed E-state index contributed by atoms with van der Waals surface area (Å²) in [4.78, 5) is 38.9. The van der Waals surface area contributed by atoms with E-state index in [-0.39, 0.29) is 0 Å². The van der Waals surface area contributed by atoms with Gasteiger partial charge in [-0.05, 0) is 31.2 Å². The molecule has 1 aromatic heterocycles. The van der Waals surface area contributed by atoms with Gasteiger partial charge in [0.15, 0.2) is 5.71 Å². The summed E-state index contributed by atoms with van der Waals surface area (Å²) in [5.74, 6) is -1.25. The Bertz CT molecular complexity index is 1150. The van der Waals surface area contributed by atoms with Crippen LogP contribution in [-0.2, 0) is 4.79 Å². The molecule has 9 heteroatoms. The summed E-state index contributed by atoms with van der Waals surface area (Å²) in [7, 11) is 0. The number of carbonyl (C=O) groups is 2. The number of hydrogen-bond acceptors (Lipinski definition) is 5. The molecule has 3 amide bonds. The zero-order chi connectivity index (χ0) is 20.3. The number of nitrogens with zero attached hydrogens (tertiary/aromatic N) is 1. The molecule has 6 N–H and O–H groups in total. The van der Waals surface area contributed by atoms with Crippen LogP contribution in [-0.4, -0.2) is 27.7 Å². The van der Waals surface area contributed by atoms with Gasteiger partial charge in [0.1, 0.15) is 11.3 Å². The molecule has 0 unspecified atom stereocenters. The molecule has 1 heterocycles. The zero-order valence-electron chi connectivity index (χ0n) is 14.8. The van der Waals surface area contributed by atoms with Crippen LogP contribution in [0.2, 0.25) is 0 Å². The number of nitrogens with one attached hydrogen (secondary N) is 3. The molecule has 3 rings (SSSR count). The first-order valence-electron chi connectivity index (χ1n) is 8.22. The quantitative estimate of drug-likeness (QED) is 0.345. The van der Waals surface area contributed by atoms with E-state index in [1.54, 1.807) is 48.5 Å². The first-order valence-corrected chi connectivity index (χ1v) is 8.22. The maximum atomic E-state index is 12.8. The van der Waals surface area contributed by atoms with Crippen LogP contribution in [0.25, 0.3) is 10.9 Å². The van der Waals surface area contributed by atoms with E-state index < -0.39 is 34.5 Å². The number of nitrogens with two attached hydrogens (primary N) is 1. The molecule has 0 aliphatic carbocycles. The van der Waals surface area contributed by atoms with Crippen molar-refractivity contribution in [3.63, 3.8) is 0 Å². The SMILES string of the molecule is Cc1ccc(NC(=O)/C(=N\NC(N)=O)c2c(O)c3ccccc3[nH]c2=O)cc1. The monoisotopic (exact) mass is 379 g/mol. The molecule has 0 saturated carbocycles. The van der Waals surface area contributed by atoms with Crippen molar-refractivity contribution in [1.29, 1.82) is 0 Å². The van der Waals surface area contributed by atoms with Crippen molar-refractivity contribution in [3.05, 3.63) is 70.0 Å². The van der Waals surface area contributed by atoms with E-state index in [1.807, 2.05) is 12.3 Å². The van der Waals surface area contributed by atoms with E-state index >= 15 is 0 Å². The fraction of sp³-hybridized carbons (Fsp3) is 0.0526. The van der Waals surface area contributed by atoms with Gasteiger partial charge in [-0.15, -0.1) is 0 Å². The van der Waals surface area contributed by atoms with Crippen LogP contribution in [0.5, 0.6) is 5.75 Å². The van der Waals surface area contributed by atoms with Gasteiger partial charge in [-0.25, -0.2) is 10.2 Å². The van der Waals surface area contributed by atoms with Crippen molar-refractivity contribution >= 4 is 34.2 Å². The highest BCUT2D eigenvalue weighted by atomic mass is 16.3. The molecule has 2 aromatic carbocycles. The Morgan fingerprint density at radius 2 is 1.79 bits per heavy atom. The first kappa shape index (κ1) is 18.6. The number of benzene rings is 2. The number of hydrazone groups is 1. The van der Waals surface area contributed by atoms with Gasteiger partial charge >= 0.3 is 6.03 Å². The lowest BCUT2D eigenvalue weighted by Gasteiger charge is -2.11. The van der Waals surface area contributed by atoms with Gasteiger partial charge in [0.2, 0.25) is 0 Å². The highest BCUT2D eigenvalue weighted by Crippen LogP contribution is 2.25. The number of primary amides is 1. The van der Waals surface area contributed by atoms with Crippen LogP contribution in [0, 0.1) is 6.92 Å². The first-order chi connectivity index (χ1) is 13.4. The Labute approximate surface area is 158 Å². The number of aromatic nitrogens is 1. The van der Waals surface area contributed by atoms with Crippen LogP contribution < -0.4 is 22.0 Å². The number of carbonyl (C=O) groups excluding carboxylic acids is 2. The van der Waals surface area contributed by atoms with Gasteiger partial charge in [-0.2, -0.15) is 5.10 Å². The lowest BCUT2D eigenvalue weighted by atomic mass is 10.1. The molecule has 28 heavy (non-hydrogen) atoms. The van der Waals surface area contributed by atoms with E-state index in [2.05, 4.69) is 15.4 Å². The molecule has 0 saturated heterocycles. The number of aromatic amines is 1. The Hall–Kier alpha value is -4.14. The fourth-order valence-electron chi connectivity index (χ4n) is 2.60. The van der Waals surface area contributed by atoms with Crippen molar-refractivity contribution in [2.75, 3.05) is 5.32 Å². The van der Waals surface area contributed by atoms with E-state index in [0.717, 1.165) is 5.56 Å². The molecule has 0 atom stereocenters. The molecule has 0 aliphatic rings. The Morgan fingerprint density at radius 3 is 2.46 bits per heavy atom. The second-order valence-electron chi connectivity index (χ2n) is 5.98. The molecular weight excluding hydrogens is 362 g/mol. The second kappa shape index (κ2) is 7.62. The molecule has 0 fully saturated rings. The third-order valence-electron chi connectivity index (χ3n) is 3.93. The summed E-state index contributed by atoms with van der Waals surface area (Å²) < 4.78 is 0. The summed E-state index contributed by atoms with van der Waals surface area (Å²) in [5.41, 5.74) is 7.12. The summed E-state index contributed by atoms with van der Waals surface area (Å²) in [6.07, 6.45) is 0. The Morgan fingerprint density at radius 1 is 1.11 bits per heavy atom. The average molecular weight is 379 g/mol. The predicted octanol–water partition coefficient (Wildman–Crippen LogP) is 1.55. The lowest BCUT2D eigenvalue weighted by molar-refractivity contribution is -0.110. The maximum absolute atomic E-state index is 12.8. The molecular formula is C19H17N5O4. The predicted molar refractivity (Wildman–Crippen MR) is 105 cm³/mol. The van der Waals surface area contributed by atoms with Crippen molar-refractivity contribution in [2.45, 2.75) is 6.92 Å². The third-order valence-corrected chi connectivity index (χ3v) is 3.93. The van der Waals surface area contributed by atoms with Crippen LogP contribution >= 0.6 is 0 Å². The summed E-state index contributed by atoms with van der Waals surface area (Å²) in [6.45, 7) is 1.89. The van der Waals surface area contributed by atoms with E-state index in [4.69, 9.17) is 5.73 Å². The third kappa shape index (κ3) is 3.83. The highest BCUT2D eigenvalue weighted by molar-refractivity contribution is 6.49. The van der Waals surface area contributed by atoms with Gasteiger partial charge in [-0.3, -0.25) is 9.59 Å². The Balaban J connectivity index is 2.10. The largest absolute Gasteiger partial charge is 0.506 e. The lowest BCUT2D eigenvalue weighted by Crippen LogP contribution is -2.34. The van der Waals surface area contributed by atoms with Crippen LogP contribution in [0.1, 0.15) is 11.1 Å². The molecule has 0 bridgehead atoms. The van der Waals surface area contributed by atoms with Crippen molar-refractivity contribution in [2.24, 2.45) is 10.8 Å². The number of para-hydroxylation sites is 1. The highest BCUT2D eigenvalue weighted by Gasteiger charge is 2.24. The number of amides is 3. The van der Waals surface area contributed by atoms with E-state index in [1.165, 1.54) is 0 Å². The van der Waals surface area contributed by atoms with Crippen LogP contribution in [0.15, 0.2) is 58.4 Å². The van der Waals surface area contributed by atoms with Crippen molar-refractivity contribution < 1.29 is 14.7 Å². The van der Waals surface area contributed by atoms with Crippen LogP contribution in [0.3, 0.4) is 0 Å². The van der Waals surface area contributed by atoms with E-state index in [0.29, 0.717) is 16.6 Å². The minimum atomic E-state index is -1.03. The van der Waals surface area contributed by atoms with Crippen LogP contribution in [0.4, 0.5) is 10.5 Å². The summed E-state index contributed by atoms with van der Waals surface area (Å²) in [5, 5.41) is 17.1. The molecule has 0 aliphatic heterocycles. The fourth-order valence-corrected chi connectivity index (χ4v) is 2.60.